The lowest BCUT2D eigenvalue weighted by molar-refractivity contribution is -0.106. The zero-order valence-corrected chi connectivity index (χ0v) is 9.55. The van der Waals surface area contributed by atoms with Crippen LogP contribution in [-0.2, 0) is 10.0 Å². The molecule has 2 N–H and O–H groups in total. The van der Waals surface area contributed by atoms with Crippen molar-refractivity contribution >= 4 is 21.7 Å². The van der Waals surface area contributed by atoms with Crippen molar-refractivity contribution in [3.8, 4) is 0 Å². The molecule has 0 aliphatic carbocycles. The first kappa shape index (κ1) is 14.3. The third kappa shape index (κ3) is 4.24. The monoisotopic (exact) mass is 283 g/mol. The molecule has 0 fully saturated rings. The maximum Gasteiger partial charge on any atom is 0.404 e. The molecule has 0 amide bonds. The highest BCUT2D eigenvalue weighted by Crippen LogP contribution is 2.21. The second-order valence-electron chi connectivity index (χ2n) is 3.33. The number of rotatable bonds is 4. The first-order valence-corrected chi connectivity index (χ1v) is 6.15. The largest absolute Gasteiger partial charge is 0.478 e. The fourth-order valence-corrected chi connectivity index (χ4v) is 2.19. The van der Waals surface area contributed by atoms with E-state index in [0.29, 0.717) is 0 Å². The van der Waals surface area contributed by atoms with Crippen LogP contribution >= 0.6 is 0 Å². The highest BCUT2D eigenvalue weighted by atomic mass is 32.2. The molecular weight excluding hydrogens is 275 g/mol. The van der Waals surface area contributed by atoms with Gasteiger partial charge in [-0.25, -0.2) is 13.2 Å². The van der Waals surface area contributed by atoms with Gasteiger partial charge in [0.1, 0.15) is 0 Å². The van der Waals surface area contributed by atoms with Crippen molar-refractivity contribution in [3.05, 3.63) is 29.8 Å². The number of sulfonamides is 1. The molecule has 0 saturated carbocycles. The number of halogens is 3. The van der Waals surface area contributed by atoms with Crippen LogP contribution in [0.3, 0.4) is 0 Å². The predicted molar refractivity (Wildman–Crippen MR) is 56.9 cm³/mol. The molecule has 0 unspecified atom stereocenters. The molecule has 18 heavy (non-hydrogen) atoms. The number of hydrogen-bond donors (Lipinski definition) is 2. The van der Waals surface area contributed by atoms with E-state index in [1.54, 1.807) is 4.72 Å². The first-order chi connectivity index (χ1) is 8.11. The highest BCUT2D eigenvalue weighted by Gasteiger charge is 2.35. The van der Waals surface area contributed by atoms with Gasteiger partial charge in [0.2, 0.25) is 10.0 Å². The Morgan fingerprint density at radius 1 is 1.28 bits per heavy atom. The van der Waals surface area contributed by atoms with Crippen LogP contribution in [-0.4, -0.2) is 31.4 Å². The van der Waals surface area contributed by atoms with Gasteiger partial charge < -0.3 is 5.11 Å². The number of carbonyl (C=O) groups is 1. The van der Waals surface area contributed by atoms with Crippen molar-refractivity contribution in [3.63, 3.8) is 0 Å². The smallest absolute Gasteiger partial charge is 0.404 e. The normalized spacial score (nSPS) is 12.2. The summed E-state index contributed by atoms with van der Waals surface area (Å²) < 4.78 is 59.9. The van der Waals surface area contributed by atoms with Crippen molar-refractivity contribution in [1.82, 2.24) is 0 Å². The van der Waals surface area contributed by atoms with E-state index in [0.717, 1.165) is 12.1 Å². The standard InChI is InChI=1S/C9H8F3NO4S/c10-9(11,12)5-18(16,17)13-7-4-2-1-3-6(7)8(14)15/h1-4,13H,5H2,(H,14,15). The van der Waals surface area contributed by atoms with Crippen molar-refractivity contribution in [1.29, 1.82) is 0 Å². The number of nitrogens with one attached hydrogen (secondary N) is 1. The van der Waals surface area contributed by atoms with Gasteiger partial charge in [-0.3, -0.25) is 4.72 Å². The summed E-state index contributed by atoms with van der Waals surface area (Å²) >= 11 is 0. The van der Waals surface area contributed by atoms with Gasteiger partial charge in [-0.1, -0.05) is 12.1 Å². The Morgan fingerprint density at radius 3 is 2.33 bits per heavy atom. The van der Waals surface area contributed by atoms with Crippen LogP contribution in [0.25, 0.3) is 0 Å². The maximum atomic E-state index is 12.0. The Labute approximate surface area is 100 Å². The van der Waals surface area contributed by atoms with Gasteiger partial charge in [-0.15, -0.1) is 0 Å². The molecular formula is C9H8F3NO4S. The second kappa shape index (κ2) is 4.84. The van der Waals surface area contributed by atoms with E-state index in [4.69, 9.17) is 5.11 Å². The summed E-state index contributed by atoms with van der Waals surface area (Å²) in [5.41, 5.74) is -0.836. The van der Waals surface area contributed by atoms with Gasteiger partial charge in [-0.2, -0.15) is 13.2 Å². The summed E-state index contributed by atoms with van der Waals surface area (Å²) in [5.74, 6) is -3.52. The SMILES string of the molecule is O=C(O)c1ccccc1NS(=O)(=O)CC(F)(F)F. The van der Waals surface area contributed by atoms with Crippen LogP contribution in [0.1, 0.15) is 10.4 Å². The Balaban J connectivity index is 3.02. The molecule has 0 bridgehead atoms. The van der Waals surface area contributed by atoms with Crippen LogP contribution in [0.2, 0.25) is 0 Å². The minimum atomic E-state index is -4.90. The van der Waals surface area contributed by atoms with E-state index in [9.17, 15) is 26.4 Å². The number of anilines is 1. The van der Waals surface area contributed by atoms with Gasteiger partial charge in [0.25, 0.3) is 0 Å². The summed E-state index contributed by atoms with van der Waals surface area (Å²) in [4.78, 5) is 10.7. The molecule has 0 aromatic heterocycles. The van der Waals surface area contributed by atoms with Crippen molar-refractivity contribution in [2.75, 3.05) is 10.5 Å². The molecule has 100 valence electrons. The van der Waals surface area contributed by atoms with Crippen LogP contribution in [0, 0.1) is 0 Å². The molecule has 5 nitrogen and oxygen atoms in total. The highest BCUT2D eigenvalue weighted by molar-refractivity contribution is 7.92. The summed E-state index contributed by atoms with van der Waals surface area (Å²) in [6.45, 7) is 0. The van der Waals surface area contributed by atoms with Crippen LogP contribution in [0.4, 0.5) is 18.9 Å². The average molecular weight is 283 g/mol. The van der Waals surface area contributed by atoms with Crippen molar-refractivity contribution in [2.24, 2.45) is 0 Å². The quantitative estimate of drug-likeness (QED) is 0.880. The third-order valence-electron chi connectivity index (χ3n) is 1.78. The molecule has 0 atom stereocenters. The van der Waals surface area contributed by atoms with E-state index in [1.807, 2.05) is 0 Å². The van der Waals surface area contributed by atoms with E-state index in [2.05, 4.69) is 0 Å². The molecule has 0 heterocycles. The van der Waals surface area contributed by atoms with E-state index in [1.165, 1.54) is 12.1 Å². The van der Waals surface area contributed by atoms with E-state index >= 15 is 0 Å². The van der Waals surface area contributed by atoms with Gasteiger partial charge in [0, 0.05) is 0 Å². The minimum Gasteiger partial charge on any atom is -0.478 e. The molecule has 1 rings (SSSR count). The van der Waals surface area contributed by atoms with Gasteiger partial charge in [0.05, 0.1) is 11.3 Å². The van der Waals surface area contributed by atoms with E-state index in [-0.39, 0.29) is 0 Å². The summed E-state index contributed by atoms with van der Waals surface area (Å²) in [7, 11) is -4.69. The van der Waals surface area contributed by atoms with Gasteiger partial charge in [-0.05, 0) is 12.1 Å². The number of carboxylic acid groups (broad SMARTS) is 1. The van der Waals surface area contributed by atoms with Crippen LogP contribution in [0.5, 0.6) is 0 Å². The second-order valence-corrected chi connectivity index (χ2v) is 5.05. The molecule has 1 aromatic rings. The fraction of sp³-hybridized carbons (Fsp3) is 0.222. The maximum absolute atomic E-state index is 12.0. The zero-order chi connectivity index (χ0) is 14.0. The van der Waals surface area contributed by atoms with Gasteiger partial charge in [0.15, 0.2) is 5.75 Å². The fourth-order valence-electron chi connectivity index (χ4n) is 1.18. The minimum absolute atomic E-state index is 0.408. The molecule has 0 radical (unpaired) electrons. The molecule has 0 saturated heterocycles. The number of benzene rings is 1. The lowest BCUT2D eigenvalue weighted by Crippen LogP contribution is -2.28. The molecule has 9 heteroatoms. The van der Waals surface area contributed by atoms with Crippen molar-refractivity contribution < 1.29 is 31.5 Å². The number of para-hydroxylation sites is 1. The Hall–Kier alpha value is -1.77. The molecule has 0 spiro atoms. The first-order valence-electron chi connectivity index (χ1n) is 4.50. The Bertz CT molecular complexity index is 553. The Kier molecular flexibility index (Phi) is 3.85. The average Bonchev–Trinajstić information content (AvgIpc) is 2.13. The van der Waals surface area contributed by atoms with E-state index < -0.39 is 39.2 Å². The number of hydrogen-bond acceptors (Lipinski definition) is 3. The van der Waals surface area contributed by atoms with Gasteiger partial charge >= 0.3 is 12.1 Å². The van der Waals surface area contributed by atoms with Crippen molar-refractivity contribution in [2.45, 2.75) is 6.18 Å². The topological polar surface area (TPSA) is 83.5 Å². The Morgan fingerprint density at radius 2 is 1.83 bits per heavy atom. The number of aromatic carboxylic acids is 1. The number of alkyl halides is 3. The lowest BCUT2D eigenvalue weighted by atomic mass is 10.2. The molecule has 0 aliphatic heterocycles. The number of carboxylic acids is 1. The zero-order valence-electron chi connectivity index (χ0n) is 8.73. The third-order valence-corrected chi connectivity index (χ3v) is 3.01. The summed E-state index contributed by atoms with van der Waals surface area (Å²) in [6, 6.07) is 4.77. The summed E-state index contributed by atoms with van der Waals surface area (Å²) in [6.07, 6.45) is -4.90. The molecule has 1 aromatic carbocycles. The lowest BCUT2D eigenvalue weighted by Gasteiger charge is -2.11. The van der Waals surface area contributed by atoms with Crippen LogP contribution < -0.4 is 4.72 Å². The van der Waals surface area contributed by atoms with Crippen LogP contribution in [0.15, 0.2) is 24.3 Å². The molecule has 0 aliphatic rings. The predicted octanol–water partition coefficient (Wildman–Crippen LogP) is 1.69. The summed E-state index contributed by atoms with van der Waals surface area (Å²) in [5, 5.41) is 8.74.